The molecule has 0 N–H and O–H groups in total. The zero-order valence-corrected chi connectivity index (χ0v) is 21.1. The third kappa shape index (κ3) is 6.36. The molecule has 1 saturated heterocycles. The molecule has 1 saturated carbocycles. The van der Waals surface area contributed by atoms with Gasteiger partial charge in [0.1, 0.15) is 16.8 Å². The molecule has 2 aromatic rings. The molecular weight excluding hydrogens is 502 g/mol. The third-order valence-corrected chi connectivity index (χ3v) is 7.28. The van der Waals surface area contributed by atoms with Gasteiger partial charge in [-0.15, -0.1) is 0 Å². The van der Waals surface area contributed by atoms with Crippen LogP contribution in [0.2, 0.25) is 10.0 Å². The summed E-state index contributed by atoms with van der Waals surface area (Å²) in [5, 5.41) is 12.9. The summed E-state index contributed by atoms with van der Waals surface area (Å²) in [5.74, 6) is -1.60. The summed E-state index contributed by atoms with van der Waals surface area (Å²) in [6.45, 7) is 2.61. The number of hydroxylamine groups is 1. The van der Waals surface area contributed by atoms with Crippen LogP contribution in [0.15, 0.2) is 30.3 Å². The number of ether oxygens (including phenoxy) is 1. The van der Waals surface area contributed by atoms with Gasteiger partial charge in [0.2, 0.25) is 0 Å². The van der Waals surface area contributed by atoms with Crippen molar-refractivity contribution < 1.29 is 18.1 Å². The van der Waals surface area contributed by atoms with Crippen LogP contribution in [0.5, 0.6) is 0 Å². The Bertz CT molecular complexity index is 1070. The molecule has 6 nitrogen and oxygen atoms in total. The maximum Gasteiger partial charge on any atom is 0.258 e. The Labute approximate surface area is 211 Å². The minimum absolute atomic E-state index is 0.117. The lowest BCUT2D eigenvalue weighted by Gasteiger charge is -2.32. The van der Waals surface area contributed by atoms with Crippen LogP contribution in [0.3, 0.4) is 0 Å². The Balaban J connectivity index is 1.37. The van der Waals surface area contributed by atoms with Crippen molar-refractivity contribution >= 4 is 40.1 Å². The van der Waals surface area contributed by atoms with E-state index in [2.05, 4.69) is 4.90 Å². The summed E-state index contributed by atoms with van der Waals surface area (Å²) in [6, 6.07) is 8.21. The smallest absolute Gasteiger partial charge is 0.258 e. The largest absolute Gasteiger partial charge is 0.744 e. The van der Waals surface area contributed by atoms with Crippen LogP contribution < -0.4 is 0 Å². The van der Waals surface area contributed by atoms with E-state index < -0.39 is 22.7 Å². The van der Waals surface area contributed by atoms with Crippen molar-refractivity contribution in [3.05, 3.63) is 73.7 Å². The fraction of sp³-hybridized carbons (Fsp3) is 0.458. The molecule has 0 spiro atoms. The van der Waals surface area contributed by atoms with E-state index in [1.807, 2.05) is 12.1 Å². The maximum absolute atomic E-state index is 14.8. The molecule has 0 radical (unpaired) electrons. The van der Waals surface area contributed by atoms with E-state index in [1.165, 1.54) is 12.1 Å². The SMILES string of the molecule is CS(=O)N([O-])C(=O)c1cc(C2CC2)c(CN2CCC(OCc3cc(Cl)cc(Cl)c3)CC2)cc1F. The van der Waals surface area contributed by atoms with Gasteiger partial charge < -0.3 is 14.4 Å². The number of nitrogens with zero attached hydrogens (tertiary/aromatic N) is 2. The van der Waals surface area contributed by atoms with Gasteiger partial charge in [0.25, 0.3) is 5.91 Å². The Kier molecular flexibility index (Phi) is 8.28. The number of carbonyl (C=O) groups excluding carboxylic acids is 1. The maximum atomic E-state index is 14.8. The second kappa shape index (κ2) is 11.0. The van der Waals surface area contributed by atoms with E-state index in [4.69, 9.17) is 27.9 Å². The normalized spacial score (nSPS) is 18.1. The highest BCUT2D eigenvalue weighted by Gasteiger charge is 2.30. The minimum Gasteiger partial charge on any atom is -0.744 e. The van der Waals surface area contributed by atoms with Gasteiger partial charge in [0.15, 0.2) is 0 Å². The predicted octanol–water partition coefficient (Wildman–Crippen LogP) is 5.42. The number of likely N-dealkylation sites (tertiary alicyclic amines) is 1. The molecule has 184 valence electrons. The van der Waals surface area contributed by atoms with Gasteiger partial charge in [0, 0.05) is 35.9 Å². The first-order valence-corrected chi connectivity index (χ1v) is 13.4. The Hall–Kier alpha value is -1.55. The molecule has 0 bridgehead atoms. The summed E-state index contributed by atoms with van der Waals surface area (Å²) in [4.78, 5) is 14.5. The molecule has 1 aliphatic carbocycles. The monoisotopic (exact) mass is 527 g/mol. The summed E-state index contributed by atoms with van der Waals surface area (Å²) in [7, 11) is -2.05. The summed E-state index contributed by atoms with van der Waals surface area (Å²) >= 11 is 12.1. The summed E-state index contributed by atoms with van der Waals surface area (Å²) in [6.07, 6.45) is 4.84. The molecule has 0 aromatic heterocycles. The predicted molar refractivity (Wildman–Crippen MR) is 132 cm³/mol. The van der Waals surface area contributed by atoms with Crippen LogP contribution in [0, 0.1) is 11.0 Å². The minimum atomic E-state index is -2.05. The van der Waals surface area contributed by atoms with Crippen molar-refractivity contribution in [1.82, 2.24) is 9.37 Å². The van der Waals surface area contributed by atoms with Gasteiger partial charge in [-0.25, -0.2) is 8.60 Å². The summed E-state index contributed by atoms with van der Waals surface area (Å²) in [5.41, 5.74) is 2.35. The van der Waals surface area contributed by atoms with Gasteiger partial charge in [-0.05, 0) is 78.6 Å². The standard InChI is InChI=1S/C24H26Cl2FN2O4S/c1-34(32)29(31)24(30)22-12-21(16-2-3-16)17(10-23(22)27)13-28-6-4-20(5-7-28)33-14-15-8-18(25)11-19(26)9-15/h8-12,16,20H,2-7,13-14H2,1H3/q-1. The molecule has 1 heterocycles. The average Bonchev–Trinajstić information content (AvgIpc) is 3.62. The zero-order valence-electron chi connectivity index (χ0n) is 18.8. The van der Waals surface area contributed by atoms with E-state index in [1.54, 1.807) is 6.07 Å². The molecule has 1 unspecified atom stereocenters. The van der Waals surface area contributed by atoms with Crippen LogP contribution in [-0.2, 0) is 28.9 Å². The quantitative estimate of drug-likeness (QED) is 0.428. The number of benzene rings is 2. The van der Waals surface area contributed by atoms with Crippen molar-refractivity contribution in [3.63, 3.8) is 0 Å². The number of hydrogen-bond donors (Lipinski definition) is 0. The second-order valence-corrected chi connectivity index (χ2v) is 10.9. The fourth-order valence-corrected chi connectivity index (χ4v) is 5.21. The number of rotatable bonds is 8. The zero-order chi connectivity index (χ0) is 24.4. The van der Waals surface area contributed by atoms with Crippen LogP contribution >= 0.6 is 23.2 Å². The average molecular weight is 528 g/mol. The molecule has 1 aliphatic heterocycles. The number of piperidine rings is 1. The van der Waals surface area contributed by atoms with Crippen molar-refractivity contribution in [1.29, 1.82) is 0 Å². The molecule has 2 aliphatic rings. The lowest BCUT2D eigenvalue weighted by atomic mass is 9.97. The Morgan fingerprint density at radius 2 is 1.79 bits per heavy atom. The molecule has 1 amide bonds. The van der Waals surface area contributed by atoms with E-state index in [0.29, 0.717) is 23.2 Å². The summed E-state index contributed by atoms with van der Waals surface area (Å²) < 4.78 is 32.0. The highest BCUT2D eigenvalue weighted by molar-refractivity contribution is 7.82. The molecule has 10 heteroatoms. The van der Waals surface area contributed by atoms with E-state index in [-0.39, 0.29) is 22.1 Å². The highest BCUT2D eigenvalue weighted by Crippen LogP contribution is 2.43. The van der Waals surface area contributed by atoms with Crippen LogP contribution in [0.25, 0.3) is 0 Å². The molecule has 2 fully saturated rings. The number of halogens is 3. The van der Waals surface area contributed by atoms with E-state index in [0.717, 1.165) is 61.7 Å². The Morgan fingerprint density at radius 1 is 1.15 bits per heavy atom. The first-order chi connectivity index (χ1) is 16.2. The highest BCUT2D eigenvalue weighted by atomic mass is 35.5. The first kappa shape index (κ1) is 25.5. The van der Waals surface area contributed by atoms with Crippen LogP contribution in [0.4, 0.5) is 4.39 Å². The topological polar surface area (TPSA) is 72.9 Å². The number of hydrogen-bond acceptors (Lipinski definition) is 5. The fourth-order valence-electron chi connectivity index (χ4n) is 4.30. The van der Waals surface area contributed by atoms with Gasteiger partial charge in [-0.1, -0.05) is 23.2 Å². The Morgan fingerprint density at radius 3 is 2.38 bits per heavy atom. The second-order valence-electron chi connectivity index (χ2n) is 8.86. The van der Waals surface area contributed by atoms with Gasteiger partial charge in [-0.3, -0.25) is 9.69 Å². The third-order valence-electron chi connectivity index (χ3n) is 6.21. The van der Waals surface area contributed by atoms with Crippen molar-refractivity contribution in [2.45, 2.75) is 50.9 Å². The van der Waals surface area contributed by atoms with Crippen LogP contribution in [0.1, 0.15) is 58.6 Å². The lowest BCUT2D eigenvalue weighted by molar-refractivity contribution is -0.00399. The van der Waals surface area contributed by atoms with E-state index in [9.17, 15) is 18.6 Å². The molecule has 4 rings (SSSR count). The van der Waals surface area contributed by atoms with Crippen molar-refractivity contribution in [2.75, 3.05) is 19.3 Å². The van der Waals surface area contributed by atoms with Gasteiger partial charge in [-0.2, -0.15) is 0 Å². The first-order valence-electron chi connectivity index (χ1n) is 11.2. The van der Waals surface area contributed by atoms with Crippen molar-refractivity contribution in [3.8, 4) is 0 Å². The lowest BCUT2D eigenvalue weighted by Crippen LogP contribution is -2.36. The number of amides is 1. The number of carbonyl (C=O) groups is 1. The molecule has 1 atom stereocenters. The van der Waals surface area contributed by atoms with Crippen LogP contribution in [-0.4, -0.2) is 44.9 Å². The van der Waals surface area contributed by atoms with Gasteiger partial charge in [0.05, 0.1) is 18.3 Å². The molecule has 2 aromatic carbocycles. The van der Waals surface area contributed by atoms with E-state index >= 15 is 0 Å². The van der Waals surface area contributed by atoms with Gasteiger partial charge >= 0.3 is 0 Å². The van der Waals surface area contributed by atoms with Crippen molar-refractivity contribution in [2.24, 2.45) is 0 Å². The molecule has 34 heavy (non-hydrogen) atoms. The molecular formula is C24H26Cl2FN2O4S-.